The van der Waals surface area contributed by atoms with E-state index in [9.17, 15) is 4.39 Å². The van der Waals surface area contributed by atoms with Gasteiger partial charge in [-0.05, 0) is 41.5 Å². The molecule has 1 saturated heterocycles. The maximum absolute atomic E-state index is 13.8. The standard InChI is InChI=1S/C23H24FN3O/c24-22-7-2-1-5-20(22)17-28-21-6-3-4-18(14-21)16-27-13-12-26-15-23(27)19-8-10-25-11-9-19/h1-11,14,23,26H,12-13,15-17H2. The number of aromatic nitrogens is 1. The number of benzene rings is 2. The third kappa shape index (κ3) is 4.55. The van der Waals surface area contributed by atoms with Crippen molar-refractivity contribution in [3.8, 4) is 5.75 Å². The van der Waals surface area contributed by atoms with Gasteiger partial charge in [0.1, 0.15) is 18.2 Å². The van der Waals surface area contributed by atoms with Crippen molar-refractivity contribution < 1.29 is 9.13 Å². The summed E-state index contributed by atoms with van der Waals surface area (Å²) in [6, 6.07) is 19.3. The first-order chi connectivity index (χ1) is 13.8. The molecule has 1 aliphatic rings. The largest absolute Gasteiger partial charge is 0.489 e. The minimum Gasteiger partial charge on any atom is -0.489 e. The fourth-order valence-corrected chi connectivity index (χ4v) is 3.59. The highest BCUT2D eigenvalue weighted by molar-refractivity contribution is 5.29. The van der Waals surface area contributed by atoms with Gasteiger partial charge in [-0.1, -0.05) is 30.3 Å². The predicted molar refractivity (Wildman–Crippen MR) is 107 cm³/mol. The van der Waals surface area contributed by atoms with E-state index >= 15 is 0 Å². The average molecular weight is 377 g/mol. The summed E-state index contributed by atoms with van der Waals surface area (Å²) in [6.07, 6.45) is 3.69. The normalized spacial score (nSPS) is 17.4. The van der Waals surface area contributed by atoms with Gasteiger partial charge in [0.2, 0.25) is 0 Å². The number of ether oxygens (including phenoxy) is 1. The van der Waals surface area contributed by atoms with E-state index < -0.39 is 0 Å². The number of nitrogens with zero attached hydrogens (tertiary/aromatic N) is 2. The lowest BCUT2D eigenvalue weighted by Crippen LogP contribution is -2.45. The number of pyridine rings is 1. The van der Waals surface area contributed by atoms with E-state index in [0.29, 0.717) is 11.6 Å². The van der Waals surface area contributed by atoms with Crippen LogP contribution in [0.2, 0.25) is 0 Å². The summed E-state index contributed by atoms with van der Waals surface area (Å²) >= 11 is 0. The molecule has 5 heteroatoms. The summed E-state index contributed by atoms with van der Waals surface area (Å²) < 4.78 is 19.6. The van der Waals surface area contributed by atoms with E-state index in [1.165, 1.54) is 17.2 Å². The lowest BCUT2D eigenvalue weighted by Gasteiger charge is -2.36. The van der Waals surface area contributed by atoms with Gasteiger partial charge in [0.05, 0.1) is 0 Å². The van der Waals surface area contributed by atoms with Crippen LogP contribution < -0.4 is 10.1 Å². The molecule has 0 aliphatic carbocycles. The summed E-state index contributed by atoms with van der Waals surface area (Å²) in [5.41, 5.74) is 3.02. The molecule has 1 unspecified atom stereocenters. The third-order valence-electron chi connectivity index (χ3n) is 5.08. The third-order valence-corrected chi connectivity index (χ3v) is 5.08. The second-order valence-corrected chi connectivity index (χ2v) is 7.00. The highest BCUT2D eigenvalue weighted by Crippen LogP contribution is 2.25. The smallest absolute Gasteiger partial charge is 0.129 e. The molecule has 28 heavy (non-hydrogen) atoms. The molecule has 2 heterocycles. The molecule has 3 aromatic rings. The summed E-state index contributed by atoms with van der Waals surface area (Å²) in [6.45, 7) is 3.95. The molecule has 0 amide bonds. The Kier molecular flexibility index (Phi) is 5.95. The van der Waals surface area contributed by atoms with Crippen molar-refractivity contribution in [3.05, 3.63) is 95.6 Å². The Morgan fingerprint density at radius 3 is 2.79 bits per heavy atom. The first kappa shape index (κ1) is 18.6. The van der Waals surface area contributed by atoms with E-state index in [1.807, 2.05) is 36.7 Å². The summed E-state index contributed by atoms with van der Waals surface area (Å²) in [5.74, 6) is 0.524. The number of hydrogen-bond donors (Lipinski definition) is 1. The number of halogens is 1. The van der Waals surface area contributed by atoms with Gasteiger partial charge < -0.3 is 10.1 Å². The Bertz CT molecular complexity index is 903. The number of hydrogen-bond acceptors (Lipinski definition) is 4. The molecular weight excluding hydrogens is 353 g/mol. The van der Waals surface area contributed by atoms with Crippen molar-refractivity contribution in [2.75, 3.05) is 19.6 Å². The molecule has 144 valence electrons. The lowest BCUT2D eigenvalue weighted by atomic mass is 10.0. The van der Waals surface area contributed by atoms with Crippen LogP contribution in [0.4, 0.5) is 4.39 Å². The molecule has 0 saturated carbocycles. The van der Waals surface area contributed by atoms with Crippen LogP contribution in [0.15, 0.2) is 73.1 Å². The van der Waals surface area contributed by atoms with E-state index in [4.69, 9.17) is 4.74 Å². The van der Waals surface area contributed by atoms with E-state index in [1.54, 1.807) is 12.1 Å². The molecule has 0 bridgehead atoms. The van der Waals surface area contributed by atoms with Crippen LogP contribution in [-0.2, 0) is 13.2 Å². The molecule has 0 radical (unpaired) electrons. The topological polar surface area (TPSA) is 37.4 Å². The van der Waals surface area contributed by atoms with Gasteiger partial charge in [-0.25, -0.2) is 4.39 Å². The quantitative estimate of drug-likeness (QED) is 0.706. The Morgan fingerprint density at radius 1 is 1.07 bits per heavy atom. The minimum absolute atomic E-state index is 0.226. The maximum Gasteiger partial charge on any atom is 0.129 e. The molecule has 2 aromatic carbocycles. The number of nitrogens with one attached hydrogen (secondary N) is 1. The van der Waals surface area contributed by atoms with Gasteiger partial charge in [-0.2, -0.15) is 0 Å². The molecule has 1 atom stereocenters. The van der Waals surface area contributed by atoms with E-state index in [0.717, 1.165) is 31.9 Å². The van der Waals surface area contributed by atoms with Crippen molar-refractivity contribution in [1.29, 1.82) is 0 Å². The van der Waals surface area contributed by atoms with Crippen LogP contribution in [0.3, 0.4) is 0 Å². The minimum atomic E-state index is -0.236. The Hall–Kier alpha value is -2.76. The average Bonchev–Trinajstić information content (AvgIpc) is 2.74. The van der Waals surface area contributed by atoms with E-state index in [-0.39, 0.29) is 12.4 Å². The zero-order chi connectivity index (χ0) is 19.2. The molecule has 1 N–H and O–H groups in total. The lowest BCUT2D eigenvalue weighted by molar-refractivity contribution is 0.153. The molecular formula is C23H24FN3O. The maximum atomic E-state index is 13.8. The second kappa shape index (κ2) is 8.95. The summed E-state index contributed by atoms with van der Waals surface area (Å²) in [4.78, 5) is 6.60. The molecule has 1 aliphatic heterocycles. The van der Waals surface area contributed by atoms with Crippen LogP contribution in [-0.4, -0.2) is 29.5 Å². The first-order valence-corrected chi connectivity index (χ1v) is 9.59. The van der Waals surface area contributed by atoms with Crippen LogP contribution in [0.5, 0.6) is 5.75 Å². The van der Waals surface area contributed by atoms with Gasteiger partial charge in [0.15, 0.2) is 0 Å². The van der Waals surface area contributed by atoms with Crippen molar-refractivity contribution in [3.63, 3.8) is 0 Å². The zero-order valence-electron chi connectivity index (χ0n) is 15.7. The highest BCUT2D eigenvalue weighted by atomic mass is 19.1. The first-order valence-electron chi connectivity index (χ1n) is 9.59. The SMILES string of the molecule is Fc1ccccc1COc1cccc(CN2CCNCC2c2ccncc2)c1. The Morgan fingerprint density at radius 2 is 1.93 bits per heavy atom. The zero-order valence-corrected chi connectivity index (χ0v) is 15.7. The fraction of sp³-hybridized carbons (Fsp3) is 0.261. The molecule has 4 nitrogen and oxygen atoms in total. The van der Waals surface area contributed by atoms with Crippen molar-refractivity contribution >= 4 is 0 Å². The molecule has 0 spiro atoms. The van der Waals surface area contributed by atoms with Crippen LogP contribution >= 0.6 is 0 Å². The second-order valence-electron chi connectivity index (χ2n) is 7.00. The van der Waals surface area contributed by atoms with Gasteiger partial charge in [-0.15, -0.1) is 0 Å². The Labute approximate surface area is 165 Å². The van der Waals surface area contributed by atoms with Crippen LogP contribution in [0.25, 0.3) is 0 Å². The van der Waals surface area contributed by atoms with Gasteiger partial charge >= 0.3 is 0 Å². The number of rotatable bonds is 6. The highest BCUT2D eigenvalue weighted by Gasteiger charge is 2.23. The van der Waals surface area contributed by atoms with Crippen molar-refractivity contribution in [2.24, 2.45) is 0 Å². The molecule has 4 rings (SSSR count). The molecule has 1 fully saturated rings. The Balaban J connectivity index is 1.44. The van der Waals surface area contributed by atoms with Gasteiger partial charge in [0.25, 0.3) is 0 Å². The van der Waals surface area contributed by atoms with Gasteiger partial charge in [0, 0.05) is 50.2 Å². The van der Waals surface area contributed by atoms with E-state index in [2.05, 4.69) is 33.4 Å². The molecule has 1 aromatic heterocycles. The summed E-state index contributed by atoms with van der Waals surface area (Å²) in [5, 5.41) is 3.48. The van der Waals surface area contributed by atoms with Crippen molar-refractivity contribution in [1.82, 2.24) is 15.2 Å². The predicted octanol–water partition coefficient (Wildman–Crippen LogP) is 3.95. The fourth-order valence-electron chi connectivity index (χ4n) is 3.59. The number of piperazine rings is 1. The summed E-state index contributed by atoms with van der Waals surface area (Å²) in [7, 11) is 0. The van der Waals surface area contributed by atoms with Crippen LogP contribution in [0.1, 0.15) is 22.7 Å². The van der Waals surface area contributed by atoms with Crippen molar-refractivity contribution in [2.45, 2.75) is 19.2 Å². The van der Waals surface area contributed by atoms with Crippen LogP contribution in [0, 0.1) is 5.82 Å². The van der Waals surface area contributed by atoms with Gasteiger partial charge in [-0.3, -0.25) is 9.88 Å². The monoisotopic (exact) mass is 377 g/mol.